The van der Waals surface area contributed by atoms with Crippen molar-refractivity contribution in [3.05, 3.63) is 32.4 Å². The Hall–Kier alpha value is -0.720. The minimum Gasteiger partial charge on any atom is -0.305 e. The van der Waals surface area contributed by atoms with Crippen LogP contribution in [0.3, 0.4) is 0 Å². The summed E-state index contributed by atoms with van der Waals surface area (Å²) in [5.41, 5.74) is 0. The largest absolute Gasteiger partial charge is 0.305 e. The molecule has 0 aliphatic heterocycles. The third-order valence-electron chi connectivity index (χ3n) is 2.14. The molecule has 0 amide bonds. The first-order chi connectivity index (χ1) is 7.65. The van der Waals surface area contributed by atoms with Gasteiger partial charge in [-0.15, -0.1) is 11.3 Å². The molecular formula is C10H13BrN4S. The van der Waals surface area contributed by atoms with Crippen molar-refractivity contribution < 1.29 is 0 Å². The number of aryl methyl sites for hydroxylation is 2. The van der Waals surface area contributed by atoms with Gasteiger partial charge < -0.3 is 5.32 Å². The molecule has 0 unspecified atom stereocenters. The number of rotatable bonds is 4. The summed E-state index contributed by atoms with van der Waals surface area (Å²) in [5, 5.41) is 7.52. The van der Waals surface area contributed by atoms with Crippen LogP contribution >= 0.6 is 27.3 Å². The van der Waals surface area contributed by atoms with Crippen LogP contribution in [0, 0.1) is 6.92 Å². The highest BCUT2D eigenvalue weighted by molar-refractivity contribution is 9.10. The van der Waals surface area contributed by atoms with Gasteiger partial charge in [-0.2, -0.15) is 5.10 Å². The first-order valence-electron chi connectivity index (χ1n) is 4.95. The lowest BCUT2D eigenvalue weighted by molar-refractivity contribution is 0.654. The van der Waals surface area contributed by atoms with Gasteiger partial charge in [0.25, 0.3) is 0 Å². The fourth-order valence-electron chi connectivity index (χ4n) is 1.37. The summed E-state index contributed by atoms with van der Waals surface area (Å²) < 4.78 is 2.90. The van der Waals surface area contributed by atoms with Crippen molar-refractivity contribution in [3.8, 4) is 0 Å². The number of hydrogen-bond acceptors (Lipinski definition) is 4. The van der Waals surface area contributed by atoms with E-state index >= 15 is 0 Å². The van der Waals surface area contributed by atoms with Gasteiger partial charge >= 0.3 is 0 Å². The van der Waals surface area contributed by atoms with Crippen LogP contribution in [0.4, 0.5) is 0 Å². The molecule has 0 fully saturated rings. The predicted molar refractivity (Wildman–Crippen MR) is 68.3 cm³/mol. The smallest absolute Gasteiger partial charge is 0.164 e. The summed E-state index contributed by atoms with van der Waals surface area (Å²) in [6, 6.07) is 2.15. The van der Waals surface area contributed by atoms with E-state index in [4.69, 9.17) is 0 Å². The van der Waals surface area contributed by atoms with E-state index in [0.29, 0.717) is 6.54 Å². The van der Waals surface area contributed by atoms with Gasteiger partial charge in [0.2, 0.25) is 0 Å². The topological polar surface area (TPSA) is 42.7 Å². The van der Waals surface area contributed by atoms with Crippen LogP contribution in [-0.4, -0.2) is 14.8 Å². The molecule has 1 N–H and O–H groups in total. The van der Waals surface area contributed by atoms with Gasteiger partial charge in [0.15, 0.2) is 5.82 Å². The number of thiophene rings is 1. The van der Waals surface area contributed by atoms with Crippen molar-refractivity contribution in [1.82, 2.24) is 20.1 Å². The minimum absolute atomic E-state index is 0.704. The molecule has 2 heterocycles. The van der Waals surface area contributed by atoms with Gasteiger partial charge in [-0.25, -0.2) is 4.98 Å². The molecule has 2 aromatic rings. The maximum absolute atomic E-state index is 4.20. The molecule has 0 atom stereocenters. The first kappa shape index (κ1) is 11.8. The highest BCUT2D eigenvalue weighted by Crippen LogP contribution is 2.26. The molecule has 0 spiro atoms. The van der Waals surface area contributed by atoms with Gasteiger partial charge in [0.1, 0.15) is 6.33 Å². The maximum Gasteiger partial charge on any atom is 0.164 e. The lowest BCUT2D eigenvalue weighted by Gasteiger charge is -1.98. The molecule has 0 bridgehead atoms. The summed E-state index contributed by atoms with van der Waals surface area (Å²) in [7, 11) is 1.87. The fraction of sp³-hybridized carbons (Fsp3) is 0.400. The summed E-state index contributed by atoms with van der Waals surface area (Å²) in [5.74, 6) is 0.829. The van der Waals surface area contributed by atoms with Gasteiger partial charge in [-0.05, 0) is 28.9 Å². The molecule has 0 saturated carbocycles. The predicted octanol–water partition coefficient (Wildman–Crippen LogP) is 2.24. The van der Waals surface area contributed by atoms with E-state index in [0.717, 1.165) is 12.4 Å². The Bertz CT molecular complexity index is 457. The molecule has 6 heteroatoms. The van der Waals surface area contributed by atoms with Crippen LogP contribution in [0.25, 0.3) is 0 Å². The third kappa shape index (κ3) is 2.90. The maximum atomic E-state index is 4.20. The zero-order valence-electron chi connectivity index (χ0n) is 9.20. The van der Waals surface area contributed by atoms with Crippen LogP contribution in [-0.2, 0) is 20.1 Å². The average Bonchev–Trinajstić information content (AvgIpc) is 2.75. The van der Waals surface area contributed by atoms with E-state index in [1.165, 1.54) is 14.2 Å². The Kier molecular flexibility index (Phi) is 3.73. The second-order valence-corrected chi connectivity index (χ2v) is 5.75. The van der Waals surface area contributed by atoms with Crippen molar-refractivity contribution in [2.45, 2.75) is 20.0 Å². The molecule has 86 valence electrons. The average molecular weight is 301 g/mol. The number of hydrogen-bond donors (Lipinski definition) is 1. The lowest BCUT2D eigenvalue weighted by atomic mass is 10.4. The van der Waals surface area contributed by atoms with Gasteiger partial charge in [0, 0.05) is 27.8 Å². The van der Waals surface area contributed by atoms with Crippen LogP contribution in [0.5, 0.6) is 0 Å². The highest BCUT2D eigenvalue weighted by atomic mass is 79.9. The van der Waals surface area contributed by atoms with E-state index in [-0.39, 0.29) is 0 Å². The Labute approximate surface area is 107 Å². The van der Waals surface area contributed by atoms with Crippen molar-refractivity contribution in [2.75, 3.05) is 0 Å². The Morgan fingerprint density at radius 1 is 1.50 bits per heavy atom. The Balaban J connectivity index is 1.84. The second kappa shape index (κ2) is 5.07. The first-order valence-corrected chi connectivity index (χ1v) is 6.56. The fourth-order valence-corrected chi connectivity index (χ4v) is 2.94. The number of aromatic nitrogens is 3. The minimum atomic E-state index is 0.704. The molecule has 2 rings (SSSR count). The SMILES string of the molecule is Cc1sc(CNCc2ncn(C)n2)cc1Br. The van der Waals surface area contributed by atoms with Crippen LogP contribution in [0.1, 0.15) is 15.6 Å². The van der Waals surface area contributed by atoms with Crippen LogP contribution < -0.4 is 5.32 Å². The van der Waals surface area contributed by atoms with Crippen molar-refractivity contribution in [1.29, 1.82) is 0 Å². The standard InChI is InChI=1S/C10H13BrN4S/c1-7-9(11)3-8(16-7)4-12-5-10-13-6-15(2)14-10/h3,6,12H,4-5H2,1-2H3. The van der Waals surface area contributed by atoms with Gasteiger partial charge in [-0.1, -0.05) is 0 Å². The zero-order valence-corrected chi connectivity index (χ0v) is 11.6. The summed E-state index contributed by atoms with van der Waals surface area (Å²) >= 11 is 5.31. The van der Waals surface area contributed by atoms with Crippen LogP contribution in [0.15, 0.2) is 16.9 Å². The summed E-state index contributed by atoms with van der Waals surface area (Å²) in [4.78, 5) is 6.79. The van der Waals surface area contributed by atoms with Gasteiger partial charge in [-0.3, -0.25) is 4.68 Å². The van der Waals surface area contributed by atoms with Crippen LogP contribution in [0.2, 0.25) is 0 Å². The normalized spacial score (nSPS) is 10.9. The van der Waals surface area contributed by atoms with E-state index in [1.807, 2.05) is 7.05 Å². The molecular weight excluding hydrogens is 288 g/mol. The number of nitrogens with one attached hydrogen (secondary N) is 1. The van der Waals surface area contributed by atoms with Gasteiger partial charge in [0.05, 0.1) is 6.54 Å². The molecule has 0 aliphatic rings. The number of nitrogens with zero attached hydrogens (tertiary/aromatic N) is 3. The van der Waals surface area contributed by atoms with E-state index < -0.39 is 0 Å². The summed E-state index contributed by atoms with van der Waals surface area (Å²) in [6.07, 6.45) is 1.71. The van der Waals surface area contributed by atoms with Crippen molar-refractivity contribution in [2.24, 2.45) is 7.05 Å². The van der Waals surface area contributed by atoms with E-state index in [9.17, 15) is 0 Å². The quantitative estimate of drug-likeness (QED) is 0.942. The van der Waals surface area contributed by atoms with Crippen molar-refractivity contribution in [3.63, 3.8) is 0 Å². The number of halogens is 1. The molecule has 4 nitrogen and oxygen atoms in total. The van der Waals surface area contributed by atoms with Crippen molar-refractivity contribution >= 4 is 27.3 Å². The molecule has 0 radical (unpaired) electrons. The zero-order chi connectivity index (χ0) is 11.5. The third-order valence-corrected chi connectivity index (χ3v) is 4.27. The summed E-state index contributed by atoms with van der Waals surface area (Å²) in [6.45, 7) is 3.67. The second-order valence-electron chi connectivity index (χ2n) is 3.55. The molecule has 0 aromatic carbocycles. The Morgan fingerprint density at radius 3 is 2.88 bits per heavy atom. The lowest BCUT2D eigenvalue weighted by Crippen LogP contribution is -2.13. The molecule has 16 heavy (non-hydrogen) atoms. The Morgan fingerprint density at radius 2 is 2.31 bits per heavy atom. The monoisotopic (exact) mass is 300 g/mol. The van der Waals surface area contributed by atoms with E-state index in [1.54, 1.807) is 22.3 Å². The molecule has 0 saturated heterocycles. The highest BCUT2D eigenvalue weighted by Gasteiger charge is 2.03. The molecule has 2 aromatic heterocycles. The molecule has 0 aliphatic carbocycles. The van der Waals surface area contributed by atoms with E-state index in [2.05, 4.69) is 44.3 Å².